The summed E-state index contributed by atoms with van der Waals surface area (Å²) in [4.78, 5) is 16.8. The minimum Gasteiger partial charge on any atom is -0.385 e. The fraction of sp³-hybridized carbons (Fsp3) is 0.923. The minimum absolute atomic E-state index is 0.0980. The lowest BCUT2D eigenvalue weighted by molar-refractivity contribution is -0.133. The molecule has 18 heavy (non-hydrogen) atoms. The predicted molar refractivity (Wildman–Crippen MR) is 70.3 cm³/mol. The molecule has 2 atom stereocenters. The molecule has 0 aliphatic carbocycles. The molecule has 2 fully saturated rings. The maximum Gasteiger partial charge on any atom is 0.239 e. The number of methoxy groups -OCH3 is 1. The van der Waals surface area contributed by atoms with Gasteiger partial charge in [-0.2, -0.15) is 0 Å². The highest BCUT2D eigenvalue weighted by Crippen LogP contribution is 2.21. The van der Waals surface area contributed by atoms with Crippen LogP contribution in [0.1, 0.15) is 25.7 Å². The molecule has 5 nitrogen and oxygen atoms in total. The number of ether oxygens (including phenoxy) is 1. The van der Waals surface area contributed by atoms with Gasteiger partial charge in [-0.05, 0) is 32.2 Å². The monoisotopic (exact) mass is 255 g/mol. The van der Waals surface area contributed by atoms with Crippen LogP contribution in [0, 0.1) is 0 Å². The predicted octanol–water partition coefficient (Wildman–Crippen LogP) is 0.0469. The van der Waals surface area contributed by atoms with Gasteiger partial charge >= 0.3 is 0 Å². The van der Waals surface area contributed by atoms with Crippen LogP contribution in [0.4, 0.5) is 0 Å². The van der Waals surface area contributed by atoms with Crippen LogP contribution in [-0.2, 0) is 9.53 Å². The van der Waals surface area contributed by atoms with Gasteiger partial charge in [-0.15, -0.1) is 0 Å². The standard InChI is InChI=1S/C13H25N3O2/c1-18-9-5-12(14)13(17)16-8-3-7-15-6-2-4-11(15)10-16/h11-12H,2-10,14H2,1H3. The summed E-state index contributed by atoms with van der Waals surface area (Å²) < 4.78 is 4.99. The van der Waals surface area contributed by atoms with Gasteiger partial charge in [0.1, 0.15) is 0 Å². The third-order valence-corrected chi connectivity index (χ3v) is 4.07. The molecule has 0 aromatic heterocycles. The van der Waals surface area contributed by atoms with Crippen molar-refractivity contribution >= 4 is 5.91 Å². The lowest BCUT2D eigenvalue weighted by atomic mass is 10.1. The van der Waals surface area contributed by atoms with E-state index >= 15 is 0 Å². The molecule has 1 amide bonds. The zero-order chi connectivity index (χ0) is 13.0. The lowest BCUT2D eigenvalue weighted by Crippen LogP contribution is -2.47. The smallest absolute Gasteiger partial charge is 0.239 e. The van der Waals surface area contributed by atoms with Crippen molar-refractivity contribution in [3.8, 4) is 0 Å². The summed E-state index contributed by atoms with van der Waals surface area (Å²) in [5, 5.41) is 0. The molecule has 2 unspecified atom stereocenters. The average Bonchev–Trinajstić information content (AvgIpc) is 2.72. The molecule has 104 valence electrons. The van der Waals surface area contributed by atoms with Crippen LogP contribution in [0.5, 0.6) is 0 Å². The van der Waals surface area contributed by atoms with Crippen molar-refractivity contribution in [1.29, 1.82) is 0 Å². The number of hydrogen-bond acceptors (Lipinski definition) is 4. The molecule has 2 aliphatic heterocycles. The third-order valence-electron chi connectivity index (χ3n) is 4.07. The van der Waals surface area contributed by atoms with Gasteiger partial charge in [0.2, 0.25) is 5.91 Å². The van der Waals surface area contributed by atoms with Gasteiger partial charge in [-0.3, -0.25) is 9.69 Å². The molecule has 2 saturated heterocycles. The summed E-state index contributed by atoms with van der Waals surface area (Å²) in [6.07, 6.45) is 4.17. The van der Waals surface area contributed by atoms with Crippen molar-refractivity contribution in [2.75, 3.05) is 39.9 Å². The molecule has 2 N–H and O–H groups in total. The highest BCUT2D eigenvalue weighted by atomic mass is 16.5. The van der Waals surface area contributed by atoms with Gasteiger partial charge in [-0.25, -0.2) is 0 Å². The second-order valence-corrected chi connectivity index (χ2v) is 5.36. The fourth-order valence-corrected chi connectivity index (χ4v) is 3.01. The number of fused-ring (bicyclic) bond motifs is 1. The Morgan fingerprint density at radius 1 is 1.39 bits per heavy atom. The normalized spacial score (nSPS) is 26.8. The van der Waals surface area contributed by atoms with E-state index in [1.54, 1.807) is 7.11 Å². The molecule has 0 saturated carbocycles. The first kappa shape index (κ1) is 13.8. The highest BCUT2D eigenvalue weighted by Gasteiger charge is 2.31. The molecule has 2 aliphatic rings. The summed E-state index contributed by atoms with van der Waals surface area (Å²) in [5.74, 6) is 0.0980. The van der Waals surface area contributed by atoms with Gasteiger partial charge in [0.15, 0.2) is 0 Å². The van der Waals surface area contributed by atoms with Crippen LogP contribution in [-0.4, -0.2) is 67.7 Å². The van der Waals surface area contributed by atoms with E-state index in [0.29, 0.717) is 19.1 Å². The molecule has 0 spiro atoms. The first-order chi connectivity index (χ1) is 8.72. The van der Waals surface area contributed by atoms with Gasteiger partial charge in [0, 0.05) is 39.4 Å². The Bertz CT molecular complexity index is 285. The molecule has 0 radical (unpaired) electrons. The lowest BCUT2D eigenvalue weighted by Gasteiger charge is -2.27. The van der Waals surface area contributed by atoms with Crippen LogP contribution >= 0.6 is 0 Å². The molecule has 5 heteroatoms. The first-order valence-electron chi connectivity index (χ1n) is 6.99. The summed E-state index contributed by atoms with van der Waals surface area (Å²) in [6.45, 7) is 4.59. The number of nitrogens with two attached hydrogens (primary N) is 1. The van der Waals surface area contributed by atoms with E-state index in [4.69, 9.17) is 10.5 Å². The number of amides is 1. The number of carbonyl (C=O) groups is 1. The Morgan fingerprint density at radius 3 is 2.94 bits per heavy atom. The summed E-state index contributed by atoms with van der Waals surface area (Å²) in [6, 6.07) is 0.156. The Labute approximate surface area is 109 Å². The maximum atomic E-state index is 12.3. The Balaban J connectivity index is 1.89. The Kier molecular flexibility index (Phi) is 4.97. The topological polar surface area (TPSA) is 58.8 Å². The largest absolute Gasteiger partial charge is 0.385 e. The second kappa shape index (κ2) is 6.50. The van der Waals surface area contributed by atoms with Crippen molar-refractivity contribution in [2.24, 2.45) is 5.73 Å². The van der Waals surface area contributed by atoms with Crippen LogP contribution in [0.2, 0.25) is 0 Å². The summed E-state index contributed by atoms with van der Waals surface area (Å²) in [5.41, 5.74) is 5.94. The van der Waals surface area contributed by atoms with Crippen molar-refractivity contribution in [3.63, 3.8) is 0 Å². The fourth-order valence-electron chi connectivity index (χ4n) is 3.01. The van der Waals surface area contributed by atoms with E-state index in [1.165, 1.54) is 19.4 Å². The van der Waals surface area contributed by atoms with Gasteiger partial charge in [-0.1, -0.05) is 0 Å². The van der Waals surface area contributed by atoms with Gasteiger partial charge in [0.05, 0.1) is 6.04 Å². The SMILES string of the molecule is COCCC(N)C(=O)N1CCCN2CCCC2C1. The first-order valence-corrected chi connectivity index (χ1v) is 6.99. The van der Waals surface area contributed by atoms with E-state index < -0.39 is 6.04 Å². The van der Waals surface area contributed by atoms with Crippen molar-refractivity contribution < 1.29 is 9.53 Å². The molecule has 2 heterocycles. The summed E-state index contributed by atoms with van der Waals surface area (Å²) >= 11 is 0. The van der Waals surface area contributed by atoms with Crippen LogP contribution < -0.4 is 5.73 Å². The zero-order valence-corrected chi connectivity index (χ0v) is 11.3. The van der Waals surface area contributed by atoms with E-state index in [1.807, 2.05) is 4.90 Å². The zero-order valence-electron chi connectivity index (χ0n) is 11.3. The molecule has 0 bridgehead atoms. The number of rotatable bonds is 4. The minimum atomic E-state index is -0.405. The Morgan fingerprint density at radius 2 is 2.17 bits per heavy atom. The number of nitrogens with zero attached hydrogens (tertiary/aromatic N) is 2. The van der Waals surface area contributed by atoms with E-state index in [2.05, 4.69) is 4.90 Å². The summed E-state index contributed by atoms with van der Waals surface area (Å²) in [7, 11) is 1.64. The average molecular weight is 255 g/mol. The Hall–Kier alpha value is -0.650. The maximum absolute atomic E-state index is 12.3. The van der Waals surface area contributed by atoms with E-state index in [0.717, 1.165) is 26.1 Å². The van der Waals surface area contributed by atoms with Crippen LogP contribution in [0.15, 0.2) is 0 Å². The van der Waals surface area contributed by atoms with Crippen LogP contribution in [0.3, 0.4) is 0 Å². The quantitative estimate of drug-likeness (QED) is 0.771. The molecule has 0 aromatic rings. The molecular formula is C13H25N3O2. The van der Waals surface area contributed by atoms with Crippen LogP contribution in [0.25, 0.3) is 0 Å². The van der Waals surface area contributed by atoms with Gasteiger partial charge in [0.25, 0.3) is 0 Å². The van der Waals surface area contributed by atoms with Crippen molar-refractivity contribution in [1.82, 2.24) is 9.80 Å². The number of hydrogen-bond donors (Lipinski definition) is 1. The van der Waals surface area contributed by atoms with Crippen molar-refractivity contribution in [2.45, 2.75) is 37.8 Å². The van der Waals surface area contributed by atoms with Gasteiger partial charge < -0.3 is 15.4 Å². The highest BCUT2D eigenvalue weighted by molar-refractivity contribution is 5.81. The molecule has 0 aromatic carbocycles. The second-order valence-electron chi connectivity index (χ2n) is 5.36. The van der Waals surface area contributed by atoms with E-state index in [-0.39, 0.29) is 5.91 Å². The molecular weight excluding hydrogens is 230 g/mol. The molecule has 2 rings (SSSR count). The number of carbonyl (C=O) groups excluding carboxylic acids is 1. The van der Waals surface area contributed by atoms with E-state index in [9.17, 15) is 4.79 Å². The van der Waals surface area contributed by atoms with Crippen molar-refractivity contribution in [3.05, 3.63) is 0 Å². The third kappa shape index (κ3) is 3.22.